The summed E-state index contributed by atoms with van der Waals surface area (Å²) < 4.78 is 18.6. The van der Waals surface area contributed by atoms with Gasteiger partial charge in [-0.15, -0.1) is 24.0 Å². The second kappa shape index (κ2) is 12.2. The Morgan fingerprint density at radius 2 is 1.89 bits per heavy atom. The lowest BCUT2D eigenvalue weighted by atomic mass is 10.1. The van der Waals surface area contributed by atoms with Crippen molar-refractivity contribution in [2.45, 2.75) is 19.6 Å². The molecule has 1 amide bonds. The van der Waals surface area contributed by atoms with Gasteiger partial charge < -0.3 is 20.7 Å². The van der Waals surface area contributed by atoms with Gasteiger partial charge in [0.2, 0.25) is 0 Å². The molecule has 3 N–H and O–H groups in total. The number of hydrogen-bond donors (Lipinski definition) is 3. The van der Waals surface area contributed by atoms with E-state index in [2.05, 4.69) is 20.9 Å². The Labute approximate surface area is 182 Å². The lowest BCUT2D eigenvalue weighted by Crippen LogP contribution is -2.41. The second-order valence-electron chi connectivity index (χ2n) is 5.97. The number of nitrogens with one attached hydrogen (secondary N) is 3. The van der Waals surface area contributed by atoms with Gasteiger partial charge in [0.1, 0.15) is 17.7 Å². The molecule has 2 aromatic carbocycles. The summed E-state index contributed by atoms with van der Waals surface area (Å²) in [5, 5.41) is 8.99. The monoisotopic (exact) mass is 500 g/mol. The van der Waals surface area contributed by atoms with Crippen LogP contribution in [0.4, 0.5) is 4.39 Å². The molecule has 1 unspecified atom stereocenters. The van der Waals surface area contributed by atoms with Crippen molar-refractivity contribution in [3.8, 4) is 5.75 Å². The van der Waals surface area contributed by atoms with Crippen molar-refractivity contribution in [3.63, 3.8) is 0 Å². The molecule has 152 valence electrons. The van der Waals surface area contributed by atoms with Crippen LogP contribution >= 0.6 is 24.0 Å². The van der Waals surface area contributed by atoms with Gasteiger partial charge in [-0.1, -0.05) is 12.1 Å². The number of guanidine groups is 1. The van der Waals surface area contributed by atoms with Gasteiger partial charge in [0, 0.05) is 26.2 Å². The van der Waals surface area contributed by atoms with Crippen LogP contribution in [0.3, 0.4) is 0 Å². The van der Waals surface area contributed by atoms with E-state index in [4.69, 9.17) is 4.74 Å². The van der Waals surface area contributed by atoms with E-state index in [1.807, 2.05) is 25.1 Å². The van der Waals surface area contributed by atoms with Gasteiger partial charge in [-0.3, -0.25) is 9.79 Å². The highest BCUT2D eigenvalue weighted by molar-refractivity contribution is 14.0. The average Bonchev–Trinajstić information content (AvgIpc) is 2.69. The molecule has 0 aliphatic carbocycles. The third-order valence-corrected chi connectivity index (χ3v) is 3.81. The second-order valence-corrected chi connectivity index (χ2v) is 5.97. The number of ether oxygens (including phenoxy) is 1. The van der Waals surface area contributed by atoms with Gasteiger partial charge in [-0.05, 0) is 48.9 Å². The van der Waals surface area contributed by atoms with E-state index < -0.39 is 0 Å². The summed E-state index contributed by atoms with van der Waals surface area (Å²) in [6, 6.07) is 13.3. The van der Waals surface area contributed by atoms with Gasteiger partial charge in [0.05, 0.1) is 6.54 Å². The number of hydrogen-bond acceptors (Lipinski definition) is 3. The molecule has 0 aliphatic rings. The van der Waals surface area contributed by atoms with Crippen molar-refractivity contribution in [3.05, 3.63) is 65.5 Å². The summed E-state index contributed by atoms with van der Waals surface area (Å²) in [6.07, 6.45) is -0.134. The van der Waals surface area contributed by atoms with Crippen molar-refractivity contribution in [2.24, 2.45) is 4.99 Å². The first kappa shape index (κ1) is 23.7. The number of amides is 1. The normalized spacial score (nSPS) is 11.8. The number of aliphatic imine (C=N–C) groups is 1. The summed E-state index contributed by atoms with van der Waals surface area (Å²) >= 11 is 0. The van der Waals surface area contributed by atoms with Crippen LogP contribution in [0.25, 0.3) is 0 Å². The van der Waals surface area contributed by atoms with Crippen LogP contribution in [0.5, 0.6) is 5.75 Å². The molecular formula is C20H26FIN4O2. The molecule has 0 aliphatic heterocycles. The van der Waals surface area contributed by atoms with Crippen LogP contribution in [0.15, 0.2) is 53.5 Å². The Morgan fingerprint density at radius 1 is 1.18 bits per heavy atom. The van der Waals surface area contributed by atoms with Crippen molar-refractivity contribution in [1.29, 1.82) is 0 Å². The van der Waals surface area contributed by atoms with E-state index in [0.717, 1.165) is 5.56 Å². The third kappa shape index (κ3) is 7.71. The molecule has 0 heterocycles. The summed E-state index contributed by atoms with van der Waals surface area (Å²) in [6.45, 7) is 2.96. The maximum Gasteiger partial charge on any atom is 0.251 e. The van der Waals surface area contributed by atoms with Crippen LogP contribution < -0.4 is 20.7 Å². The molecule has 0 saturated heterocycles. The third-order valence-electron chi connectivity index (χ3n) is 3.81. The highest BCUT2D eigenvalue weighted by atomic mass is 127. The number of carbonyl (C=O) groups excluding carboxylic acids is 1. The highest BCUT2D eigenvalue weighted by Gasteiger charge is 2.07. The Kier molecular flexibility index (Phi) is 10.3. The van der Waals surface area contributed by atoms with Gasteiger partial charge in [-0.2, -0.15) is 0 Å². The van der Waals surface area contributed by atoms with Crippen molar-refractivity contribution in [1.82, 2.24) is 16.0 Å². The smallest absolute Gasteiger partial charge is 0.251 e. The van der Waals surface area contributed by atoms with E-state index in [1.165, 1.54) is 12.1 Å². The predicted octanol–water partition coefficient (Wildman–Crippen LogP) is 2.94. The molecule has 0 fully saturated rings. The number of halogens is 2. The van der Waals surface area contributed by atoms with Gasteiger partial charge >= 0.3 is 0 Å². The zero-order chi connectivity index (χ0) is 19.6. The summed E-state index contributed by atoms with van der Waals surface area (Å²) in [5.74, 6) is 0.818. The topological polar surface area (TPSA) is 74.8 Å². The lowest BCUT2D eigenvalue weighted by Gasteiger charge is -2.18. The first-order valence-corrected chi connectivity index (χ1v) is 8.69. The summed E-state index contributed by atoms with van der Waals surface area (Å²) in [5.41, 5.74) is 1.58. The number of rotatable bonds is 7. The van der Waals surface area contributed by atoms with Crippen molar-refractivity contribution >= 4 is 35.8 Å². The Bertz CT molecular complexity index is 784. The lowest BCUT2D eigenvalue weighted by molar-refractivity contribution is 0.0963. The van der Waals surface area contributed by atoms with Crippen LogP contribution in [0.2, 0.25) is 0 Å². The number of nitrogens with zero attached hydrogens (tertiary/aromatic N) is 1. The molecule has 0 saturated carbocycles. The summed E-state index contributed by atoms with van der Waals surface area (Å²) in [4.78, 5) is 15.9. The fourth-order valence-electron chi connectivity index (χ4n) is 2.40. The zero-order valence-electron chi connectivity index (χ0n) is 16.2. The number of carbonyl (C=O) groups is 1. The Morgan fingerprint density at radius 3 is 2.54 bits per heavy atom. The predicted molar refractivity (Wildman–Crippen MR) is 120 cm³/mol. The Balaban J connectivity index is 0.00000392. The SMILES string of the molecule is CN=C(NCc1cccc(C(=O)NC)c1)NCC(C)Oc1ccc(F)cc1.I. The first-order chi connectivity index (χ1) is 13.0. The van der Waals surface area contributed by atoms with Crippen LogP contribution in [-0.2, 0) is 6.54 Å². The molecule has 0 aromatic heterocycles. The zero-order valence-corrected chi connectivity index (χ0v) is 18.5. The van der Waals surface area contributed by atoms with Crippen molar-refractivity contribution in [2.75, 3.05) is 20.6 Å². The standard InChI is InChI=1S/C20H25FN4O2.HI/c1-14(27-18-9-7-17(21)8-10-18)12-24-20(23-3)25-13-15-5-4-6-16(11-15)19(26)22-2;/h4-11,14H,12-13H2,1-3H3,(H,22,26)(H2,23,24,25);1H. The van der Waals surface area contributed by atoms with E-state index in [9.17, 15) is 9.18 Å². The minimum Gasteiger partial charge on any atom is -0.489 e. The summed E-state index contributed by atoms with van der Waals surface area (Å²) in [7, 11) is 3.29. The first-order valence-electron chi connectivity index (χ1n) is 8.69. The quantitative estimate of drug-likeness (QED) is 0.311. The molecule has 0 bridgehead atoms. The van der Waals surface area contributed by atoms with E-state index in [1.54, 1.807) is 32.3 Å². The Hall–Kier alpha value is -2.36. The van der Waals surface area contributed by atoms with Crippen LogP contribution in [0, 0.1) is 5.82 Å². The minimum absolute atomic E-state index is 0. The van der Waals surface area contributed by atoms with E-state index >= 15 is 0 Å². The maximum atomic E-state index is 12.9. The number of benzene rings is 2. The van der Waals surface area contributed by atoms with Gasteiger partial charge in [0.15, 0.2) is 5.96 Å². The van der Waals surface area contributed by atoms with Crippen LogP contribution in [-0.4, -0.2) is 38.6 Å². The molecule has 8 heteroatoms. The average molecular weight is 500 g/mol. The minimum atomic E-state index is -0.293. The van der Waals surface area contributed by atoms with Crippen molar-refractivity contribution < 1.29 is 13.9 Å². The molecule has 28 heavy (non-hydrogen) atoms. The maximum absolute atomic E-state index is 12.9. The molecule has 6 nitrogen and oxygen atoms in total. The molecule has 2 aromatic rings. The molecule has 0 radical (unpaired) electrons. The van der Waals surface area contributed by atoms with Crippen LogP contribution in [0.1, 0.15) is 22.8 Å². The fraction of sp³-hybridized carbons (Fsp3) is 0.300. The molecular weight excluding hydrogens is 474 g/mol. The molecule has 2 rings (SSSR count). The fourth-order valence-corrected chi connectivity index (χ4v) is 2.40. The largest absolute Gasteiger partial charge is 0.489 e. The van der Waals surface area contributed by atoms with E-state index in [-0.39, 0.29) is 41.8 Å². The van der Waals surface area contributed by atoms with Gasteiger partial charge in [-0.25, -0.2) is 4.39 Å². The molecule has 1 atom stereocenters. The molecule has 0 spiro atoms. The van der Waals surface area contributed by atoms with Gasteiger partial charge in [0.25, 0.3) is 5.91 Å². The highest BCUT2D eigenvalue weighted by Crippen LogP contribution is 2.12. The van der Waals surface area contributed by atoms with E-state index in [0.29, 0.717) is 30.4 Å².